The van der Waals surface area contributed by atoms with Crippen LogP contribution in [0.4, 0.5) is 11.4 Å². The molecule has 1 unspecified atom stereocenters. The minimum absolute atomic E-state index is 0.0198. The van der Waals surface area contributed by atoms with Gasteiger partial charge in [-0.3, -0.25) is 4.79 Å². The highest BCUT2D eigenvalue weighted by Gasteiger charge is 2.19. The molecular weight excluding hydrogens is 316 g/mol. The molecule has 2 N–H and O–H groups in total. The summed E-state index contributed by atoms with van der Waals surface area (Å²) < 4.78 is 10.2. The van der Waals surface area contributed by atoms with Crippen LogP contribution < -0.4 is 15.4 Å². The Bertz CT molecular complexity index is 671. The van der Waals surface area contributed by atoms with E-state index in [-0.39, 0.29) is 11.8 Å². The number of anilines is 2. The number of methoxy groups -OCH3 is 2. The summed E-state index contributed by atoms with van der Waals surface area (Å²) in [6.07, 6.45) is 0.720. The van der Waals surface area contributed by atoms with E-state index in [1.807, 2.05) is 55.5 Å². The van der Waals surface area contributed by atoms with Crippen molar-refractivity contribution < 1.29 is 14.3 Å². The lowest BCUT2D eigenvalue weighted by atomic mass is 9.95. The number of hydrogen-bond acceptors (Lipinski definition) is 4. The summed E-state index contributed by atoms with van der Waals surface area (Å²) in [5, 5.41) is 6.32. The zero-order valence-electron chi connectivity index (χ0n) is 15.0. The molecule has 5 heteroatoms. The number of carbonyl (C=O) groups excluding carboxylic acids is 1. The third-order valence-electron chi connectivity index (χ3n) is 4.05. The highest BCUT2D eigenvalue weighted by atomic mass is 16.5. The van der Waals surface area contributed by atoms with Crippen LogP contribution in [0.15, 0.2) is 48.5 Å². The van der Waals surface area contributed by atoms with Gasteiger partial charge in [-0.25, -0.2) is 0 Å². The van der Waals surface area contributed by atoms with Crippen molar-refractivity contribution in [1.29, 1.82) is 0 Å². The Morgan fingerprint density at radius 2 is 1.72 bits per heavy atom. The van der Waals surface area contributed by atoms with E-state index in [9.17, 15) is 4.79 Å². The van der Waals surface area contributed by atoms with Crippen LogP contribution >= 0.6 is 0 Å². The molecule has 134 valence electrons. The quantitative estimate of drug-likeness (QED) is 0.679. The van der Waals surface area contributed by atoms with Gasteiger partial charge in [0.2, 0.25) is 5.91 Å². The first-order chi connectivity index (χ1) is 12.2. The second-order valence-electron chi connectivity index (χ2n) is 5.69. The molecule has 0 radical (unpaired) electrons. The number of benzene rings is 2. The van der Waals surface area contributed by atoms with E-state index in [1.54, 1.807) is 14.2 Å². The minimum atomic E-state index is -0.210. The number of ether oxygens (including phenoxy) is 2. The lowest BCUT2D eigenvalue weighted by Gasteiger charge is -2.18. The van der Waals surface area contributed by atoms with Crippen LogP contribution in [0.5, 0.6) is 5.75 Å². The van der Waals surface area contributed by atoms with E-state index in [2.05, 4.69) is 10.6 Å². The number of amides is 1. The standard InChI is InChI=1S/C20H26N2O3/c1-4-17(15-9-11-16(25-3)12-10-15)20(23)22-19-8-6-5-7-18(19)21-13-14-24-2/h5-12,17,21H,4,13-14H2,1-3H3,(H,22,23). The molecule has 5 nitrogen and oxygen atoms in total. The van der Waals surface area contributed by atoms with Crippen LogP contribution in [0.1, 0.15) is 24.8 Å². The Kier molecular flexibility index (Phi) is 7.29. The molecule has 2 rings (SSSR count). The van der Waals surface area contributed by atoms with E-state index in [4.69, 9.17) is 9.47 Å². The fraction of sp³-hybridized carbons (Fsp3) is 0.350. The van der Waals surface area contributed by atoms with E-state index in [1.165, 1.54) is 0 Å². The van der Waals surface area contributed by atoms with Gasteiger partial charge in [-0.2, -0.15) is 0 Å². The van der Waals surface area contributed by atoms with Crippen molar-refractivity contribution in [1.82, 2.24) is 0 Å². The van der Waals surface area contributed by atoms with Gasteiger partial charge in [-0.1, -0.05) is 31.2 Å². The second-order valence-corrected chi connectivity index (χ2v) is 5.69. The van der Waals surface area contributed by atoms with Crippen LogP contribution in [-0.4, -0.2) is 33.3 Å². The van der Waals surface area contributed by atoms with Crippen molar-refractivity contribution in [2.24, 2.45) is 0 Å². The first kappa shape index (κ1) is 18.8. The number of nitrogens with one attached hydrogen (secondary N) is 2. The Morgan fingerprint density at radius 1 is 1.04 bits per heavy atom. The molecule has 0 aliphatic rings. The zero-order chi connectivity index (χ0) is 18.1. The summed E-state index contributed by atoms with van der Waals surface area (Å²) in [6, 6.07) is 15.3. The molecule has 0 saturated heterocycles. The smallest absolute Gasteiger partial charge is 0.231 e. The Hall–Kier alpha value is -2.53. The van der Waals surface area contributed by atoms with Gasteiger partial charge in [0.15, 0.2) is 0 Å². The topological polar surface area (TPSA) is 59.6 Å². The summed E-state index contributed by atoms with van der Waals surface area (Å²) in [5.41, 5.74) is 2.64. The monoisotopic (exact) mass is 342 g/mol. The van der Waals surface area contributed by atoms with Crippen molar-refractivity contribution in [3.63, 3.8) is 0 Å². The molecule has 25 heavy (non-hydrogen) atoms. The number of para-hydroxylation sites is 2. The molecule has 0 spiro atoms. The Balaban J connectivity index is 2.11. The minimum Gasteiger partial charge on any atom is -0.497 e. The molecule has 1 amide bonds. The van der Waals surface area contributed by atoms with Crippen molar-refractivity contribution >= 4 is 17.3 Å². The summed E-state index contributed by atoms with van der Waals surface area (Å²) in [7, 11) is 3.29. The molecule has 2 aromatic rings. The maximum absolute atomic E-state index is 12.8. The Morgan fingerprint density at radius 3 is 2.32 bits per heavy atom. The van der Waals surface area contributed by atoms with E-state index >= 15 is 0 Å². The normalized spacial score (nSPS) is 11.6. The van der Waals surface area contributed by atoms with E-state index in [0.29, 0.717) is 13.2 Å². The number of hydrogen-bond donors (Lipinski definition) is 2. The largest absolute Gasteiger partial charge is 0.497 e. The third kappa shape index (κ3) is 5.22. The SMILES string of the molecule is CCC(C(=O)Nc1ccccc1NCCOC)c1ccc(OC)cc1. The summed E-state index contributed by atoms with van der Waals surface area (Å²) in [5.74, 6) is 0.554. The maximum Gasteiger partial charge on any atom is 0.231 e. The fourth-order valence-electron chi connectivity index (χ4n) is 2.66. The fourth-order valence-corrected chi connectivity index (χ4v) is 2.66. The van der Waals surface area contributed by atoms with Gasteiger partial charge < -0.3 is 20.1 Å². The molecule has 0 heterocycles. The molecule has 0 fully saturated rings. The summed E-state index contributed by atoms with van der Waals surface area (Å²) in [4.78, 5) is 12.8. The molecule has 0 aromatic heterocycles. The molecular formula is C20H26N2O3. The van der Waals surface area contributed by atoms with Gasteiger partial charge in [0.1, 0.15) is 5.75 Å². The van der Waals surface area contributed by atoms with Gasteiger partial charge >= 0.3 is 0 Å². The van der Waals surface area contributed by atoms with Gasteiger partial charge in [0.05, 0.1) is 31.0 Å². The van der Waals surface area contributed by atoms with Gasteiger partial charge in [-0.05, 0) is 36.2 Å². The molecule has 1 atom stereocenters. The molecule has 0 aliphatic heterocycles. The van der Waals surface area contributed by atoms with Crippen LogP contribution in [0.2, 0.25) is 0 Å². The van der Waals surface area contributed by atoms with Crippen molar-refractivity contribution in [2.75, 3.05) is 38.0 Å². The van der Waals surface area contributed by atoms with Crippen LogP contribution in [0.3, 0.4) is 0 Å². The van der Waals surface area contributed by atoms with E-state index in [0.717, 1.165) is 29.1 Å². The van der Waals surface area contributed by atoms with Gasteiger partial charge in [0.25, 0.3) is 0 Å². The summed E-state index contributed by atoms with van der Waals surface area (Å²) >= 11 is 0. The molecule has 0 saturated carbocycles. The molecule has 0 aliphatic carbocycles. The van der Waals surface area contributed by atoms with Crippen molar-refractivity contribution in [3.8, 4) is 5.75 Å². The first-order valence-electron chi connectivity index (χ1n) is 8.46. The van der Waals surface area contributed by atoms with Gasteiger partial charge in [-0.15, -0.1) is 0 Å². The predicted molar refractivity (Wildman–Crippen MR) is 101 cm³/mol. The van der Waals surface area contributed by atoms with Crippen LogP contribution in [0.25, 0.3) is 0 Å². The third-order valence-corrected chi connectivity index (χ3v) is 4.05. The predicted octanol–water partition coefficient (Wildman–Crippen LogP) is 3.89. The average molecular weight is 342 g/mol. The highest BCUT2D eigenvalue weighted by molar-refractivity contribution is 5.98. The van der Waals surface area contributed by atoms with Crippen LogP contribution in [-0.2, 0) is 9.53 Å². The zero-order valence-corrected chi connectivity index (χ0v) is 15.0. The molecule has 0 bridgehead atoms. The van der Waals surface area contributed by atoms with Crippen LogP contribution in [0, 0.1) is 0 Å². The number of carbonyl (C=O) groups is 1. The number of rotatable bonds is 9. The maximum atomic E-state index is 12.8. The Labute approximate surface area is 149 Å². The lowest BCUT2D eigenvalue weighted by Crippen LogP contribution is -2.21. The van der Waals surface area contributed by atoms with Gasteiger partial charge in [0, 0.05) is 13.7 Å². The first-order valence-corrected chi connectivity index (χ1v) is 8.46. The average Bonchev–Trinajstić information content (AvgIpc) is 2.64. The highest BCUT2D eigenvalue weighted by Crippen LogP contribution is 2.26. The van der Waals surface area contributed by atoms with E-state index < -0.39 is 0 Å². The second kappa shape index (κ2) is 9.69. The molecule has 2 aromatic carbocycles. The van der Waals surface area contributed by atoms with Crippen molar-refractivity contribution in [3.05, 3.63) is 54.1 Å². The van der Waals surface area contributed by atoms with Crippen molar-refractivity contribution in [2.45, 2.75) is 19.3 Å². The lowest BCUT2D eigenvalue weighted by molar-refractivity contribution is -0.117. The summed E-state index contributed by atoms with van der Waals surface area (Å²) in [6.45, 7) is 3.29.